The van der Waals surface area contributed by atoms with Crippen molar-refractivity contribution >= 4 is 0 Å². The molecular weight excluding hydrogens is 262 g/mol. The molecule has 1 heterocycles. The van der Waals surface area contributed by atoms with E-state index in [2.05, 4.69) is 15.6 Å². The minimum Gasteiger partial charge on any atom is -0.271 e. The van der Waals surface area contributed by atoms with Gasteiger partial charge in [0.25, 0.3) is 0 Å². The Kier molecular flexibility index (Phi) is 4.36. The van der Waals surface area contributed by atoms with E-state index in [0.717, 1.165) is 11.3 Å². The lowest BCUT2D eigenvalue weighted by molar-refractivity contribution is 0.496. The van der Waals surface area contributed by atoms with E-state index in [1.54, 1.807) is 13.8 Å². The van der Waals surface area contributed by atoms with Gasteiger partial charge in [-0.2, -0.15) is 10.2 Å². The molecule has 0 saturated heterocycles. The Hall–Kier alpha value is -1.92. The molecule has 6 heteroatoms. The van der Waals surface area contributed by atoms with Crippen molar-refractivity contribution in [3.63, 3.8) is 0 Å². The van der Waals surface area contributed by atoms with E-state index in [-0.39, 0.29) is 12.0 Å². The lowest BCUT2D eigenvalue weighted by atomic mass is 9.97. The lowest BCUT2D eigenvalue weighted by Gasteiger charge is -2.18. The number of hydrazine groups is 1. The molecule has 2 rings (SSSR count). The molecule has 1 atom stereocenters. The molecule has 3 N–H and O–H groups in total. The van der Waals surface area contributed by atoms with Crippen LogP contribution in [0.1, 0.15) is 28.6 Å². The molecule has 0 saturated carbocycles. The summed E-state index contributed by atoms with van der Waals surface area (Å²) < 4.78 is 27.4. The highest BCUT2D eigenvalue weighted by Gasteiger charge is 2.19. The molecule has 20 heavy (non-hydrogen) atoms. The van der Waals surface area contributed by atoms with Crippen LogP contribution in [0.3, 0.4) is 0 Å². The van der Waals surface area contributed by atoms with Gasteiger partial charge in [0, 0.05) is 5.56 Å². The summed E-state index contributed by atoms with van der Waals surface area (Å²) in [6.07, 6.45) is 0.0982. The van der Waals surface area contributed by atoms with E-state index in [0.29, 0.717) is 5.69 Å². The van der Waals surface area contributed by atoms with Gasteiger partial charge in [-0.05, 0) is 44.0 Å². The van der Waals surface area contributed by atoms with Crippen molar-refractivity contribution in [3.8, 4) is 0 Å². The summed E-state index contributed by atoms with van der Waals surface area (Å²) in [5.41, 5.74) is 4.77. The van der Waals surface area contributed by atoms with Gasteiger partial charge in [-0.25, -0.2) is 8.78 Å². The van der Waals surface area contributed by atoms with Crippen molar-refractivity contribution in [1.82, 2.24) is 15.6 Å². The summed E-state index contributed by atoms with van der Waals surface area (Å²) in [4.78, 5) is 0. The predicted molar refractivity (Wildman–Crippen MR) is 71.6 cm³/mol. The van der Waals surface area contributed by atoms with Crippen molar-refractivity contribution in [2.45, 2.75) is 26.3 Å². The fraction of sp³-hybridized carbons (Fsp3) is 0.286. The average molecular weight is 278 g/mol. The molecule has 0 aliphatic heterocycles. The number of hydrogen-bond donors (Lipinski definition) is 2. The Bertz CT molecular complexity index is 596. The summed E-state index contributed by atoms with van der Waals surface area (Å²) in [7, 11) is 0. The normalized spacial score (nSPS) is 12.4. The van der Waals surface area contributed by atoms with E-state index < -0.39 is 17.7 Å². The second kappa shape index (κ2) is 6.02. The maximum atomic E-state index is 13.7. The minimum atomic E-state index is -0.582. The Balaban J connectivity index is 2.36. The number of halogens is 2. The summed E-state index contributed by atoms with van der Waals surface area (Å²) in [5, 5.41) is 7.93. The summed E-state index contributed by atoms with van der Waals surface area (Å²) in [6.45, 7) is 3.58. The van der Waals surface area contributed by atoms with Crippen LogP contribution in [0.2, 0.25) is 0 Å². The van der Waals surface area contributed by atoms with Crippen molar-refractivity contribution in [2.24, 2.45) is 5.84 Å². The van der Waals surface area contributed by atoms with Gasteiger partial charge in [-0.3, -0.25) is 11.3 Å². The monoisotopic (exact) mass is 278 g/mol. The van der Waals surface area contributed by atoms with E-state index in [1.807, 2.05) is 6.07 Å². The highest BCUT2D eigenvalue weighted by molar-refractivity contribution is 5.28. The van der Waals surface area contributed by atoms with Gasteiger partial charge < -0.3 is 0 Å². The second-order valence-corrected chi connectivity index (χ2v) is 4.65. The first-order chi connectivity index (χ1) is 9.52. The van der Waals surface area contributed by atoms with Crippen LogP contribution >= 0.6 is 0 Å². The van der Waals surface area contributed by atoms with E-state index in [1.165, 1.54) is 18.2 Å². The number of nitrogens with one attached hydrogen (secondary N) is 1. The van der Waals surface area contributed by atoms with Crippen molar-refractivity contribution in [1.29, 1.82) is 0 Å². The van der Waals surface area contributed by atoms with E-state index in [4.69, 9.17) is 5.84 Å². The second-order valence-electron chi connectivity index (χ2n) is 4.65. The smallest absolute Gasteiger partial charge is 0.129 e. The SMILES string of the molecule is Cc1cc(C(Cc2c(F)cccc2F)NN)c(C)nn1. The zero-order valence-corrected chi connectivity index (χ0v) is 11.3. The zero-order chi connectivity index (χ0) is 14.7. The van der Waals surface area contributed by atoms with E-state index in [9.17, 15) is 8.78 Å². The van der Waals surface area contributed by atoms with Crippen LogP contribution in [-0.4, -0.2) is 10.2 Å². The van der Waals surface area contributed by atoms with Crippen LogP contribution in [-0.2, 0) is 6.42 Å². The third-order valence-electron chi connectivity index (χ3n) is 3.19. The first-order valence-corrected chi connectivity index (χ1v) is 6.22. The van der Waals surface area contributed by atoms with Gasteiger partial charge in [0.2, 0.25) is 0 Å². The first-order valence-electron chi connectivity index (χ1n) is 6.22. The standard InChI is InChI=1S/C14H16F2N4/c1-8-6-10(9(2)20-19-8)14(18-17)7-11-12(15)4-3-5-13(11)16/h3-6,14,18H,7,17H2,1-2H3. The van der Waals surface area contributed by atoms with Crippen LogP contribution in [0.15, 0.2) is 24.3 Å². The number of rotatable bonds is 4. The Morgan fingerprint density at radius 3 is 2.45 bits per heavy atom. The maximum absolute atomic E-state index is 13.7. The molecule has 1 aromatic heterocycles. The van der Waals surface area contributed by atoms with Crippen LogP contribution in [0.25, 0.3) is 0 Å². The molecule has 0 aliphatic carbocycles. The molecular formula is C14H16F2N4. The van der Waals surface area contributed by atoms with Crippen molar-refractivity contribution < 1.29 is 8.78 Å². The Morgan fingerprint density at radius 1 is 1.20 bits per heavy atom. The summed E-state index contributed by atoms with van der Waals surface area (Å²) >= 11 is 0. The number of aromatic nitrogens is 2. The summed E-state index contributed by atoms with van der Waals surface area (Å²) in [6, 6.07) is 5.17. The van der Waals surface area contributed by atoms with Crippen molar-refractivity contribution in [3.05, 3.63) is 58.4 Å². The largest absolute Gasteiger partial charge is 0.271 e. The highest BCUT2D eigenvalue weighted by Crippen LogP contribution is 2.23. The molecule has 106 valence electrons. The van der Waals surface area contributed by atoms with Gasteiger partial charge in [-0.1, -0.05) is 6.07 Å². The van der Waals surface area contributed by atoms with Crippen LogP contribution in [0, 0.1) is 25.5 Å². The number of nitrogens with zero attached hydrogens (tertiary/aromatic N) is 2. The Labute approximate surface area is 116 Å². The van der Waals surface area contributed by atoms with Gasteiger partial charge in [0.15, 0.2) is 0 Å². The van der Waals surface area contributed by atoms with Gasteiger partial charge in [0.05, 0.1) is 17.4 Å². The predicted octanol–water partition coefficient (Wildman–Crippen LogP) is 2.12. The van der Waals surface area contributed by atoms with Crippen LogP contribution in [0.5, 0.6) is 0 Å². The van der Waals surface area contributed by atoms with E-state index >= 15 is 0 Å². The molecule has 2 aromatic rings. The molecule has 0 spiro atoms. The number of benzene rings is 1. The molecule has 0 radical (unpaired) electrons. The van der Waals surface area contributed by atoms with Gasteiger partial charge in [0.1, 0.15) is 11.6 Å². The molecule has 1 aromatic carbocycles. The van der Waals surface area contributed by atoms with Crippen LogP contribution in [0.4, 0.5) is 8.78 Å². The van der Waals surface area contributed by atoms with Crippen molar-refractivity contribution in [2.75, 3.05) is 0 Å². The topological polar surface area (TPSA) is 63.8 Å². The molecule has 4 nitrogen and oxygen atoms in total. The molecule has 0 amide bonds. The molecule has 0 aliphatic rings. The third-order valence-corrected chi connectivity index (χ3v) is 3.19. The first kappa shape index (κ1) is 14.5. The Morgan fingerprint density at radius 2 is 1.85 bits per heavy atom. The van der Waals surface area contributed by atoms with Gasteiger partial charge in [-0.15, -0.1) is 0 Å². The molecule has 1 unspecified atom stereocenters. The zero-order valence-electron chi connectivity index (χ0n) is 11.3. The minimum absolute atomic E-state index is 0.00400. The van der Waals surface area contributed by atoms with Gasteiger partial charge >= 0.3 is 0 Å². The maximum Gasteiger partial charge on any atom is 0.129 e. The highest BCUT2D eigenvalue weighted by atomic mass is 19.1. The quantitative estimate of drug-likeness (QED) is 0.664. The number of hydrogen-bond acceptors (Lipinski definition) is 4. The fourth-order valence-electron chi connectivity index (χ4n) is 2.11. The molecule has 0 bridgehead atoms. The lowest BCUT2D eigenvalue weighted by Crippen LogP contribution is -2.31. The average Bonchev–Trinajstić information content (AvgIpc) is 2.42. The van der Waals surface area contributed by atoms with Crippen LogP contribution < -0.4 is 11.3 Å². The summed E-state index contributed by atoms with van der Waals surface area (Å²) in [5.74, 6) is 4.37. The third kappa shape index (κ3) is 2.97. The fourth-order valence-corrected chi connectivity index (χ4v) is 2.11. The number of aryl methyl sites for hydroxylation is 2. The molecule has 0 fully saturated rings. The number of nitrogens with two attached hydrogens (primary N) is 1.